The van der Waals surface area contributed by atoms with Gasteiger partial charge in [0, 0.05) is 31.9 Å². The first-order valence-corrected chi connectivity index (χ1v) is 10.1. The molecule has 0 aliphatic carbocycles. The average molecular weight is 389 g/mol. The molecule has 0 spiro atoms. The average Bonchev–Trinajstić information content (AvgIpc) is 3.18. The highest BCUT2D eigenvalue weighted by molar-refractivity contribution is 6.02. The predicted molar refractivity (Wildman–Crippen MR) is 115 cm³/mol. The van der Waals surface area contributed by atoms with Crippen molar-refractivity contribution >= 4 is 22.7 Å². The third kappa shape index (κ3) is 3.65. The van der Waals surface area contributed by atoms with Crippen LogP contribution in [0.1, 0.15) is 33.6 Å². The number of rotatable bonds is 5. The van der Waals surface area contributed by atoms with Gasteiger partial charge in [-0.15, -0.1) is 0 Å². The predicted octanol–water partition coefficient (Wildman–Crippen LogP) is 3.37. The fourth-order valence-corrected chi connectivity index (χ4v) is 4.47. The molecule has 1 aliphatic rings. The summed E-state index contributed by atoms with van der Waals surface area (Å²) in [5, 5.41) is 4.20. The van der Waals surface area contributed by atoms with Crippen molar-refractivity contribution in [3.8, 4) is 0 Å². The molecule has 1 aromatic heterocycles. The normalized spacial score (nSPS) is 16.6. The first kappa shape index (κ1) is 19.2. The maximum absolute atomic E-state index is 13.1. The van der Waals surface area contributed by atoms with E-state index in [1.807, 2.05) is 47.7 Å². The highest BCUT2D eigenvalue weighted by Gasteiger charge is 2.31. The van der Waals surface area contributed by atoms with E-state index in [1.54, 1.807) is 0 Å². The molecular formula is C24H27N3O2. The van der Waals surface area contributed by atoms with E-state index in [9.17, 15) is 9.59 Å². The monoisotopic (exact) mass is 389 g/mol. The van der Waals surface area contributed by atoms with Crippen molar-refractivity contribution in [2.24, 2.45) is 7.05 Å². The lowest BCUT2D eigenvalue weighted by Crippen LogP contribution is -2.38. The number of amides is 2. The lowest BCUT2D eigenvalue weighted by Gasteiger charge is -2.17. The van der Waals surface area contributed by atoms with Gasteiger partial charge in [-0.3, -0.25) is 9.59 Å². The third-order valence-corrected chi connectivity index (χ3v) is 5.95. The van der Waals surface area contributed by atoms with Gasteiger partial charge in [-0.1, -0.05) is 48.5 Å². The quantitative estimate of drug-likeness (QED) is 0.727. The fraction of sp³-hybridized carbons (Fsp3) is 0.333. The summed E-state index contributed by atoms with van der Waals surface area (Å²) < 4.78 is 1.97. The van der Waals surface area contributed by atoms with Crippen LogP contribution in [0.15, 0.2) is 48.5 Å². The smallest absolute Gasteiger partial charge is 0.268 e. The lowest BCUT2D eigenvalue weighted by atomic mass is 10.1. The highest BCUT2D eigenvalue weighted by Crippen LogP contribution is 2.27. The molecule has 1 unspecified atom stereocenters. The van der Waals surface area contributed by atoms with Crippen molar-refractivity contribution in [1.82, 2.24) is 14.8 Å². The van der Waals surface area contributed by atoms with Gasteiger partial charge in [0.15, 0.2) is 0 Å². The first-order valence-electron chi connectivity index (χ1n) is 10.1. The van der Waals surface area contributed by atoms with Gasteiger partial charge in [0.25, 0.3) is 5.91 Å². The number of aryl methyl sites for hydroxylation is 3. The summed E-state index contributed by atoms with van der Waals surface area (Å²) in [4.78, 5) is 27.3. The summed E-state index contributed by atoms with van der Waals surface area (Å²) in [6, 6.07) is 16.1. The minimum absolute atomic E-state index is 0.107. The van der Waals surface area contributed by atoms with Gasteiger partial charge in [0.1, 0.15) is 5.69 Å². The molecule has 2 heterocycles. The van der Waals surface area contributed by atoms with Crippen LogP contribution in [0, 0.1) is 13.8 Å². The molecule has 2 amide bonds. The van der Waals surface area contributed by atoms with E-state index < -0.39 is 0 Å². The van der Waals surface area contributed by atoms with Crippen molar-refractivity contribution in [1.29, 1.82) is 0 Å². The zero-order valence-corrected chi connectivity index (χ0v) is 17.2. The molecule has 0 bridgehead atoms. The molecule has 5 nitrogen and oxygen atoms in total. The van der Waals surface area contributed by atoms with Crippen LogP contribution >= 0.6 is 0 Å². The summed E-state index contributed by atoms with van der Waals surface area (Å²) in [6.45, 7) is 5.30. The molecular weight excluding hydrogens is 362 g/mol. The number of fused-ring (bicyclic) bond motifs is 1. The van der Waals surface area contributed by atoms with E-state index in [-0.39, 0.29) is 17.9 Å². The van der Waals surface area contributed by atoms with Crippen molar-refractivity contribution in [2.45, 2.75) is 32.7 Å². The largest absolute Gasteiger partial charge is 0.346 e. The molecule has 1 fully saturated rings. The van der Waals surface area contributed by atoms with Crippen LogP contribution < -0.4 is 5.32 Å². The molecule has 1 saturated heterocycles. The van der Waals surface area contributed by atoms with Crippen LogP contribution in [0.3, 0.4) is 0 Å². The van der Waals surface area contributed by atoms with Crippen LogP contribution in [-0.2, 0) is 18.3 Å². The van der Waals surface area contributed by atoms with Crippen LogP contribution in [0.2, 0.25) is 0 Å². The minimum atomic E-state index is -0.149. The number of nitrogens with one attached hydrogen (secondary N) is 1. The Bertz CT molecular complexity index is 1070. The number of likely N-dealkylation sites (tertiary alicyclic amines) is 1. The standard InChI is InChI=1S/C24H27N3O2/c1-16-8-7-11-20-17(2)23(26(3)22(16)20)24(29)25-19-14-21(28)27(15-19)13-12-18-9-5-4-6-10-18/h4-11,19H,12-15H2,1-3H3,(H,25,29). The summed E-state index contributed by atoms with van der Waals surface area (Å²) in [5.74, 6) is -0.000788. The van der Waals surface area contributed by atoms with E-state index >= 15 is 0 Å². The second kappa shape index (κ2) is 7.74. The summed E-state index contributed by atoms with van der Waals surface area (Å²) in [7, 11) is 1.93. The van der Waals surface area contributed by atoms with Gasteiger partial charge in [-0.2, -0.15) is 0 Å². The van der Waals surface area contributed by atoms with Gasteiger partial charge in [0.2, 0.25) is 5.91 Å². The number of hydrogen-bond donors (Lipinski definition) is 1. The van der Waals surface area contributed by atoms with E-state index in [1.165, 1.54) is 5.56 Å². The van der Waals surface area contributed by atoms with Gasteiger partial charge in [0.05, 0.1) is 11.6 Å². The van der Waals surface area contributed by atoms with Crippen LogP contribution in [-0.4, -0.2) is 40.4 Å². The Morgan fingerprint density at radius 2 is 1.86 bits per heavy atom. The number of aromatic nitrogens is 1. The molecule has 2 aromatic carbocycles. The number of nitrogens with zero attached hydrogens (tertiary/aromatic N) is 2. The number of carbonyl (C=O) groups excluding carboxylic acids is 2. The number of benzene rings is 2. The van der Waals surface area contributed by atoms with E-state index in [2.05, 4.69) is 36.5 Å². The number of carbonyl (C=O) groups is 2. The molecule has 0 radical (unpaired) electrons. The van der Waals surface area contributed by atoms with Crippen molar-refractivity contribution in [3.05, 3.63) is 70.9 Å². The van der Waals surface area contributed by atoms with Gasteiger partial charge in [-0.05, 0) is 37.0 Å². The number of para-hydroxylation sites is 1. The fourth-order valence-electron chi connectivity index (χ4n) is 4.47. The van der Waals surface area contributed by atoms with Crippen molar-refractivity contribution in [2.75, 3.05) is 13.1 Å². The van der Waals surface area contributed by atoms with Crippen molar-refractivity contribution in [3.63, 3.8) is 0 Å². The molecule has 4 rings (SSSR count). The molecule has 5 heteroatoms. The van der Waals surface area contributed by atoms with Gasteiger partial charge >= 0.3 is 0 Å². The van der Waals surface area contributed by atoms with Crippen LogP contribution in [0.4, 0.5) is 0 Å². The second-order valence-electron chi connectivity index (χ2n) is 7.95. The topological polar surface area (TPSA) is 54.3 Å². The van der Waals surface area contributed by atoms with E-state index in [0.29, 0.717) is 25.2 Å². The molecule has 3 aromatic rings. The Labute approximate surface area is 171 Å². The molecule has 0 saturated carbocycles. The first-order chi connectivity index (χ1) is 14.0. The number of hydrogen-bond acceptors (Lipinski definition) is 2. The SMILES string of the molecule is Cc1c(C(=O)NC2CC(=O)N(CCc3ccccc3)C2)n(C)c2c(C)cccc12. The second-order valence-corrected chi connectivity index (χ2v) is 7.95. The Morgan fingerprint density at radius 3 is 2.59 bits per heavy atom. The van der Waals surface area contributed by atoms with Gasteiger partial charge in [-0.25, -0.2) is 0 Å². The Hall–Kier alpha value is -3.08. The minimum Gasteiger partial charge on any atom is -0.346 e. The van der Waals surface area contributed by atoms with Crippen LogP contribution in [0.5, 0.6) is 0 Å². The molecule has 29 heavy (non-hydrogen) atoms. The van der Waals surface area contributed by atoms with Crippen molar-refractivity contribution < 1.29 is 9.59 Å². The van der Waals surface area contributed by atoms with E-state index in [0.717, 1.165) is 28.5 Å². The maximum Gasteiger partial charge on any atom is 0.268 e. The summed E-state index contributed by atoms with van der Waals surface area (Å²) in [6.07, 6.45) is 1.19. The Morgan fingerprint density at radius 1 is 1.10 bits per heavy atom. The molecule has 150 valence electrons. The highest BCUT2D eigenvalue weighted by atomic mass is 16.2. The summed E-state index contributed by atoms with van der Waals surface area (Å²) >= 11 is 0. The molecule has 1 aliphatic heterocycles. The Balaban J connectivity index is 1.45. The lowest BCUT2D eigenvalue weighted by molar-refractivity contribution is -0.127. The zero-order valence-electron chi connectivity index (χ0n) is 17.2. The Kier molecular flexibility index (Phi) is 5.14. The summed E-state index contributed by atoms with van der Waals surface area (Å²) in [5.41, 5.74) is 5.10. The molecule has 1 atom stereocenters. The van der Waals surface area contributed by atoms with Gasteiger partial charge < -0.3 is 14.8 Å². The molecule has 1 N–H and O–H groups in total. The van der Waals surface area contributed by atoms with E-state index in [4.69, 9.17) is 0 Å². The third-order valence-electron chi connectivity index (χ3n) is 5.95. The van der Waals surface area contributed by atoms with Crippen LogP contribution in [0.25, 0.3) is 10.9 Å². The maximum atomic E-state index is 13.1. The zero-order chi connectivity index (χ0) is 20.5.